The summed E-state index contributed by atoms with van der Waals surface area (Å²) in [6.07, 6.45) is 8.62. The Bertz CT molecular complexity index is 604. The summed E-state index contributed by atoms with van der Waals surface area (Å²) in [7, 11) is 3.90. The number of carbonyl (C=O) groups is 1. The van der Waals surface area contributed by atoms with Crippen LogP contribution in [-0.4, -0.2) is 46.2 Å². The number of rotatable bonds is 6. The predicted molar refractivity (Wildman–Crippen MR) is 80.9 cm³/mol. The molecule has 2 rings (SSSR count). The van der Waals surface area contributed by atoms with Crippen molar-refractivity contribution < 1.29 is 4.79 Å². The van der Waals surface area contributed by atoms with Crippen molar-refractivity contribution in [1.29, 1.82) is 0 Å². The lowest BCUT2D eigenvalue weighted by atomic mass is 10.3. The molecule has 2 aromatic rings. The molecular weight excluding hydrogens is 266 g/mol. The maximum atomic E-state index is 11.7. The van der Waals surface area contributed by atoms with E-state index in [4.69, 9.17) is 0 Å². The molecule has 0 spiro atoms. The standard InChI is InChI=1S/C15H19N5O/c1-19(2)10-4-7-15(21)17-12-13-14(6-3-8-16-13)20-11-5-9-18-20/h3-9,11H,10,12H2,1-2H3,(H,17,21)/b7-4+. The highest BCUT2D eigenvalue weighted by atomic mass is 16.1. The highest BCUT2D eigenvalue weighted by Gasteiger charge is 2.06. The zero-order valence-electron chi connectivity index (χ0n) is 12.2. The molecule has 2 heterocycles. The van der Waals surface area contributed by atoms with Gasteiger partial charge in [-0.1, -0.05) is 6.08 Å². The molecule has 0 aliphatic carbocycles. The molecule has 0 saturated carbocycles. The average molecular weight is 285 g/mol. The highest BCUT2D eigenvalue weighted by molar-refractivity contribution is 5.87. The van der Waals surface area contributed by atoms with Gasteiger partial charge in [0.15, 0.2) is 0 Å². The minimum absolute atomic E-state index is 0.131. The quantitative estimate of drug-likeness (QED) is 0.804. The van der Waals surface area contributed by atoms with Crippen molar-refractivity contribution in [1.82, 2.24) is 25.0 Å². The molecule has 0 aromatic carbocycles. The number of pyridine rings is 1. The van der Waals surface area contributed by atoms with Crippen LogP contribution in [0.15, 0.2) is 48.9 Å². The fourth-order valence-corrected chi connectivity index (χ4v) is 1.79. The van der Waals surface area contributed by atoms with E-state index in [1.807, 2.05) is 49.5 Å². The Morgan fingerprint density at radius 2 is 2.24 bits per heavy atom. The summed E-state index contributed by atoms with van der Waals surface area (Å²) in [5, 5.41) is 7.01. The van der Waals surface area contributed by atoms with E-state index in [0.29, 0.717) is 6.54 Å². The summed E-state index contributed by atoms with van der Waals surface area (Å²) in [4.78, 5) is 18.0. The summed E-state index contributed by atoms with van der Waals surface area (Å²) < 4.78 is 1.73. The predicted octanol–water partition coefficient (Wildman–Crippen LogP) is 1.00. The third kappa shape index (κ3) is 4.54. The summed E-state index contributed by atoms with van der Waals surface area (Å²) in [6, 6.07) is 5.61. The maximum Gasteiger partial charge on any atom is 0.244 e. The summed E-state index contributed by atoms with van der Waals surface area (Å²) in [6.45, 7) is 1.09. The van der Waals surface area contributed by atoms with Gasteiger partial charge >= 0.3 is 0 Å². The van der Waals surface area contributed by atoms with E-state index in [9.17, 15) is 4.79 Å². The molecule has 0 radical (unpaired) electrons. The lowest BCUT2D eigenvalue weighted by Crippen LogP contribution is -2.22. The van der Waals surface area contributed by atoms with Crippen molar-refractivity contribution >= 4 is 5.91 Å². The lowest BCUT2D eigenvalue weighted by Gasteiger charge is -2.09. The Hall–Kier alpha value is -2.47. The minimum atomic E-state index is -0.131. The van der Waals surface area contributed by atoms with Crippen LogP contribution in [0.3, 0.4) is 0 Å². The zero-order valence-corrected chi connectivity index (χ0v) is 12.2. The van der Waals surface area contributed by atoms with Gasteiger partial charge in [0.1, 0.15) is 0 Å². The second kappa shape index (κ2) is 7.35. The fraction of sp³-hybridized carbons (Fsp3) is 0.267. The molecular formula is C15H19N5O. The summed E-state index contributed by atoms with van der Waals surface area (Å²) >= 11 is 0. The van der Waals surface area contributed by atoms with Gasteiger partial charge in [-0.05, 0) is 32.3 Å². The molecule has 6 heteroatoms. The van der Waals surface area contributed by atoms with Crippen molar-refractivity contribution in [2.24, 2.45) is 0 Å². The number of aromatic nitrogens is 3. The molecule has 0 fully saturated rings. The van der Waals surface area contributed by atoms with Gasteiger partial charge in [0.2, 0.25) is 5.91 Å². The number of nitrogens with zero attached hydrogens (tertiary/aromatic N) is 4. The SMILES string of the molecule is CN(C)C/C=C/C(=O)NCc1ncccc1-n1cccn1. The topological polar surface area (TPSA) is 63.1 Å². The summed E-state index contributed by atoms with van der Waals surface area (Å²) in [5.74, 6) is -0.131. The van der Waals surface area contributed by atoms with Crippen molar-refractivity contribution in [2.75, 3.05) is 20.6 Å². The first-order valence-corrected chi connectivity index (χ1v) is 6.70. The smallest absolute Gasteiger partial charge is 0.244 e. The molecule has 6 nitrogen and oxygen atoms in total. The first kappa shape index (κ1) is 14.9. The molecule has 0 aliphatic heterocycles. The first-order valence-electron chi connectivity index (χ1n) is 6.70. The van der Waals surface area contributed by atoms with Crippen LogP contribution in [0.5, 0.6) is 0 Å². The van der Waals surface area contributed by atoms with Gasteiger partial charge < -0.3 is 10.2 Å². The molecule has 0 aliphatic rings. The van der Waals surface area contributed by atoms with Crippen LogP contribution in [0.4, 0.5) is 0 Å². The second-order valence-corrected chi connectivity index (χ2v) is 4.80. The van der Waals surface area contributed by atoms with Gasteiger partial charge in [-0.2, -0.15) is 5.10 Å². The van der Waals surface area contributed by atoms with Crippen LogP contribution >= 0.6 is 0 Å². The number of likely N-dealkylation sites (N-methyl/N-ethyl adjacent to an activating group) is 1. The Labute approximate surface area is 124 Å². The van der Waals surface area contributed by atoms with E-state index < -0.39 is 0 Å². The van der Waals surface area contributed by atoms with Crippen LogP contribution in [0, 0.1) is 0 Å². The van der Waals surface area contributed by atoms with E-state index >= 15 is 0 Å². The Morgan fingerprint density at radius 3 is 2.95 bits per heavy atom. The molecule has 2 aromatic heterocycles. The second-order valence-electron chi connectivity index (χ2n) is 4.80. The molecule has 0 saturated heterocycles. The number of hydrogen-bond acceptors (Lipinski definition) is 4. The van der Waals surface area contributed by atoms with E-state index in [2.05, 4.69) is 15.4 Å². The number of carbonyl (C=O) groups excluding carboxylic acids is 1. The van der Waals surface area contributed by atoms with Gasteiger partial charge in [-0.15, -0.1) is 0 Å². The number of nitrogens with one attached hydrogen (secondary N) is 1. The van der Waals surface area contributed by atoms with Gasteiger partial charge in [0, 0.05) is 31.2 Å². The van der Waals surface area contributed by atoms with E-state index in [1.165, 1.54) is 6.08 Å². The number of hydrogen-bond donors (Lipinski definition) is 1. The van der Waals surface area contributed by atoms with Crippen molar-refractivity contribution in [3.63, 3.8) is 0 Å². The molecule has 0 unspecified atom stereocenters. The van der Waals surface area contributed by atoms with E-state index in [0.717, 1.165) is 17.9 Å². The van der Waals surface area contributed by atoms with Gasteiger partial charge in [0.05, 0.1) is 17.9 Å². The largest absolute Gasteiger partial charge is 0.347 e. The Balaban J connectivity index is 1.98. The van der Waals surface area contributed by atoms with Crippen molar-refractivity contribution in [3.05, 3.63) is 54.6 Å². The van der Waals surface area contributed by atoms with Crippen LogP contribution in [-0.2, 0) is 11.3 Å². The third-order valence-corrected chi connectivity index (χ3v) is 2.79. The van der Waals surface area contributed by atoms with E-state index in [1.54, 1.807) is 17.1 Å². The Kier molecular flexibility index (Phi) is 5.22. The lowest BCUT2D eigenvalue weighted by molar-refractivity contribution is -0.116. The van der Waals surface area contributed by atoms with Crippen LogP contribution in [0.2, 0.25) is 0 Å². The molecule has 1 amide bonds. The van der Waals surface area contributed by atoms with Crippen molar-refractivity contribution in [2.45, 2.75) is 6.54 Å². The molecule has 110 valence electrons. The van der Waals surface area contributed by atoms with Crippen LogP contribution in [0.25, 0.3) is 5.69 Å². The Morgan fingerprint density at radius 1 is 1.38 bits per heavy atom. The van der Waals surface area contributed by atoms with E-state index in [-0.39, 0.29) is 5.91 Å². The van der Waals surface area contributed by atoms with Crippen molar-refractivity contribution in [3.8, 4) is 5.69 Å². The highest BCUT2D eigenvalue weighted by Crippen LogP contribution is 2.10. The molecule has 0 bridgehead atoms. The average Bonchev–Trinajstić information content (AvgIpc) is 2.99. The summed E-state index contributed by atoms with van der Waals surface area (Å²) in [5.41, 5.74) is 1.63. The zero-order chi connectivity index (χ0) is 15.1. The van der Waals surface area contributed by atoms with Crippen LogP contribution in [0.1, 0.15) is 5.69 Å². The van der Waals surface area contributed by atoms with Gasteiger partial charge in [0.25, 0.3) is 0 Å². The van der Waals surface area contributed by atoms with Crippen LogP contribution < -0.4 is 5.32 Å². The first-order chi connectivity index (χ1) is 10.2. The molecule has 1 N–H and O–H groups in total. The fourth-order valence-electron chi connectivity index (χ4n) is 1.79. The normalized spacial score (nSPS) is 11.2. The third-order valence-electron chi connectivity index (χ3n) is 2.79. The van der Waals surface area contributed by atoms with Gasteiger partial charge in [-0.25, -0.2) is 4.68 Å². The monoisotopic (exact) mass is 285 g/mol. The maximum absolute atomic E-state index is 11.7. The molecule has 0 atom stereocenters. The van der Waals surface area contributed by atoms with Gasteiger partial charge in [-0.3, -0.25) is 9.78 Å². The number of amides is 1. The molecule has 21 heavy (non-hydrogen) atoms. The minimum Gasteiger partial charge on any atom is -0.347 e.